The second-order valence-corrected chi connectivity index (χ2v) is 8.71. The van der Waals surface area contributed by atoms with Gasteiger partial charge in [-0.25, -0.2) is 0 Å². The molecule has 5 nitrogen and oxygen atoms in total. The third kappa shape index (κ3) is 4.46. The van der Waals surface area contributed by atoms with E-state index in [1.54, 1.807) is 3.56 Å². The molecule has 0 aliphatic carbocycles. The number of aromatic nitrogens is 1. The first kappa shape index (κ1) is 16.3. The molecule has 0 unspecified atom stereocenters. The quantitative estimate of drug-likeness (QED) is 0.776. The van der Waals surface area contributed by atoms with Crippen molar-refractivity contribution in [2.24, 2.45) is 0 Å². The van der Waals surface area contributed by atoms with Crippen molar-refractivity contribution in [3.8, 4) is 0 Å². The van der Waals surface area contributed by atoms with E-state index >= 15 is 0 Å². The predicted octanol–water partition coefficient (Wildman–Crippen LogP) is 2.35. The number of carbonyl (C=O) groups is 1. The topological polar surface area (TPSA) is 60.3 Å². The van der Waals surface area contributed by atoms with Gasteiger partial charge in [0.25, 0.3) is 0 Å². The number of nitrogens with one attached hydrogen (secondary N) is 1. The van der Waals surface area contributed by atoms with Crippen molar-refractivity contribution < 1.29 is 9.53 Å². The zero-order valence-electron chi connectivity index (χ0n) is 12.1. The monoisotopic (exact) mass is 420 g/mol. The fourth-order valence-electron chi connectivity index (χ4n) is 1.76. The summed E-state index contributed by atoms with van der Waals surface area (Å²) >= 11 is 3.35. The van der Waals surface area contributed by atoms with Gasteiger partial charge < -0.3 is 0 Å². The molecule has 1 aromatic carbocycles. The second kappa shape index (κ2) is 6.38. The van der Waals surface area contributed by atoms with Crippen LogP contribution in [-0.2, 0) is 11.3 Å². The zero-order chi connectivity index (χ0) is 15.6. The van der Waals surface area contributed by atoms with Gasteiger partial charge in [-0.2, -0.15) is 0 Å². The first-order chi connectivity index (χ1) is 9.76. The molecule has 1 heterocycles. The number of alkyl carbamates (subject to hydrolysis) is 1. The van der Waals surface area contributed by atoms with Crippen LogP contribution in [0.3, 0.4) is 0 Å². The van der Waals surface area contributed by atoms with Gasteiger partial charge >= 0.3 is 137 Å². The molecule has 0 bridgehead atoms. The molecular formula is C14H17BrN2O3Se. The van der Waals surface area contributed by atoms with Crippen molar-refractivity contribution >= 4 is 46.4 Å². The summed E-state index contributed by atoms with van der Waals surface area (Å²) in [5.74, 6) is 0. The molecule has 0 fully saturated rings. The number of ether oxygens (including phenoxy) is 1. The zero-order valence-corrected chi connectivity index (χ0v) is 15.4. The van der Waals surface area contributed by atoms with Crippen LogP contribution in [0.2, 0.25) is 0 Å². The van der Waals surface area contributed by atoms with E-state index in [1.165, 1.54) is 0 Å². The molecule has 2 aromatic rings. The summed E-state index contributed by atoms with van der Waals surface area (Å²) in [6.07, 6.45) is -0.457. The van der Waals surface area contributed by atoms with Crippen molar-refractivity contribution in [1.29, 1.82) is 0 Å². The van der Waals surface area contributed by atoms with Crippen LogP contribution in [0, 0.1) is 0 Å². The number of amides is 1. The van der Waals surface area contributed by atoms with Gasteiger partial charge in [-0.15, -0.1) is 0 Å². The summed E-state index contributed by atoms with van der Waals surface area (Å²) in [5, 5.41) is 3.42. The first-order valence-electron chi connectivity index (χ1n) is 6.52. The van der Waals surface area contributed by atoms with Gasteiger partial charge in [0.05, 0.1) is 0 Å². The Bertz CT molecular complexity index is 715. The number of fused-ring (bicyclic) bond motifs is 1. The van der Waals surface area contributed by atoms with Crippen LogP contribution in [0.5, 0.6) is 0 Å². The Balaban J connectivity index is 2.00. The van der Waals surface area contributed by atoms with Gasteiger partial charge in [-0.1, -0.05) is 0 Å². The van der Waals surface area contributed by atoms with Gasteiger partial charge in [-0.05, 0) is 0 Å². The summed E-state index contributed by atoms with van der Waals surface area (Å²) in [6, 6.07) is 5.76. The third-order valence-corrected chi connectivity index (χ3v) is 5.44. The Labute approximate surface area is 137 Å². The average Bonchev–Trinajstić information content (AvgIpc) is 2.65. The van der Waals surface area contributed by atoms with Crippen LogP contribution in [0.15, 0.2) is 27.5 Å². The number of nitrogens with zero attached hydrogens (tertiary/aromatic N) is 1. The van der Waals surface area contributed by atoms with Gasteiger partial charge in [-0.3, -0.25) is 0 Å². The Morgan fingerprint density at radius 1 is 1.43 bits per heavy atom. The molecular weight excluding hydrogens is 403 g/mol. The predicted molar refractivity (Wildman–Crippen MR) is 87.1 cm³/mol. The van der Waals surface area contributed by atoms with E-state index < -0.39 is 11.7 Å². The molecule has 2 rings (SSSR count). The van der Waals surface area contributed by atoms with Crippen molar-refractivity contribution in [2.45, 2.75) is 32.9 Å². The van der Waals surface area contributed by atoms with Crippen LogP contribution < -0.4 is 10.9 Å². The summed E-state index contributed by atoms with van der Waals surface area (Å²) in [4.78, 5) is 23.8. The molecule has 114 valence electrons. The standard InChI is InChI=1S/C14H17BrN2O3Se/c1-14(2,3)20-13(19)16-6-7-17-12(18)10-8-9(15)4-5-11(10)21-17/h4-5,8H,6-7H2,1-3H3,(H,16,19). The number of rotatable bonds is 3. The first-order valence-corrected chi connectivity index (χ1v) is 8.94. The Morgan fingerprint density at radius 2 is 2.14 bits per heavy atom. The summed E-state index contributed by atoms with van der Waals surface area (Å²) in [7, 11) is 0. The normalized spacial score (nSPS) is 11.6. The summed E-state index contributed by atoms with van der Waals surface area (Å²) in [6.45, 7) is 6.32. The SMILES string of the molecule is CC(C)(C)OC(=O)NCCn1[se]c2ccc(Br)cc2c1=O. The minimum atomic E-state index is -0.514. The van der Waals surface area contributed by atoms with Crippen LogP contribution in [0.4, 0.5) is 4.79 Å². The van der Waals surface area contributed by atoms with Crippen LogP contribution in [0.1, 0.15) is 20.8 Å². The Kier molecular flexibility index (Phi) is 4.96. The maximum absolute atomic E-state index is 12.2. The van der Waals surface area contributed by atoms with E-state index in [2.05, 4.69) is 21.2 Å². The minimum absolute atomic E-state index is 0.0251. The molecule has 0 saturated heterocycles. The number of carbonyl (C=O) groups excluding carboxylic acids is 1. The number of hydrogen-bond donors (Lipinski definition) is 1. The molecule has 0 aliphatic heterocycles. The molecule has 0 saturated carbocycles. The molecule has 0 atom stereocenters. The van der Waals surface area contributed by atoms with Crippen molar-refractivity contribution in [3.63, 3.8) is 0 Å². The van der Waals surface area contributed by atoms with Crippen molar-refractivity contribution in [1.82, 2.24) is 8.88 Å². The Hall–Kier alpha value is -1.04. The van der Waals surface area contributed by atoms with E-state index in [-0.39, 0.29) is 20.3 Å². The number of hydrogen-bond acceptors (Lipinski definition) is 3. The van der Waals surface area contributed by atoms with Crippen LogP contribution in [0.25, 0.3) is 9.65 Å². The molecule has 21 heavy (non-hydrogen) atoms. The van der Waals surface area contributed by atoms with E-state index in [0.717, 1.165) is 14.1 Å². The van der Waals surface area contributed by atoms with Crippen LogP contribution >= 0.6 is 15.9 Å². The van der Waals surface area contributed by atoms with E-state index in [9.17, 15) is 9.59 Å². The van der Waals surface area contributed by atoms with Gasteiger partial charge in [0.2, 0.25) is 0 Å². The number of halogens is 1. The van der Waals surface area contributed by atoms with Crippen molar-refractivity contribution in [3.05, 3.63) is 33.0 Å². The molecule has 7 heteroatoms. The average molecular weight is 420 g/mol. The van der Waals surface area contributed by atoms with Gasteiger partial charge in [0, 0.05) is 0 Å². The summed E-state index contributed by atoms with van der Waals surface area (Å²) < 4.78 is 8.91. The van der Waals surface area contributed by atoms with Crippen LogP contribution in [-0.4, -0.2) is 36.5 Å². The second-order valence-electron chi connectivity index (χ2n) is 5.57. The molecule has 0 spiro atoms. The van der Waals surface area contributed by atoms with E-state index in [1.807, 2.05) is 39.0 Å². The molecule has 0 radical (unpaired) electrons. The molecule has 1 N–H and O–H groups in total. The van der Waals surface area contributed by atoms with E-state index in [4.69, 9.17) is 4.74 Å². The molecule has 1 amide bonds. The molecule has 0 aliphatic rings. The van der Waals surface area contributed by atoms with E-state index in [0.29, 0.717) is 13.1 Å². The fourth-order valence-corrected chi connectivity index (χ4v) is 4.17. The Morgan fingerprint density at radius 3 is 2.81 bits per heavy atom. The molecule has 1 aromatic heterocycles. The third-order valence-electron chi connectivity index (χ3n) is 2.59. The fraction of sp³-hybridized carbons (Fsp3) is 0.429. The van der Waals surface area contributed by atoms with Gasteiger partial charge in [0.1, 0.15) is 0 Å². The summed E-state index contributed by atoms with van der Waals surface area (Å²) in [5.41, 5.74) is -0.489. The van der Waals surface area contributed by atoms with Gasteiger partial charge in [0.15, 0.2) is 0 Å². The maximum atomic E-state index is 12.2. The van der Waals surface area contributed by atoms with Crippen molar-refractivity contribution in [2.75, 3.05) is 6.54 Å². The number of benzene rings is 1.